The zero-order chi connectivity index (χ0) is 17.0. The average molecular weight is 344 g/mol. The highest BCUT2D eigenvalue weighted by Crippen LogP contribution is 2.30. The Morgan fingerprint density at radius 3 is 2.35 bits per heavy atom. The summed E-state index contributed by atoms with van der Waals surface area (Å²) in [6.07, 6.45) is 0. The maximum absolute atomic E-state index is 12.7. The normalized spacial score (nSPS) is 17.0. The molecule has 0 spiro atoms. The number of carbonyl (C=O) groups is 1. The molecule has 23 heavy (non-hydrogen) atoms. The predicted octanol–water partition coefficient (Wildman–Crippen LogP) is -1.92. The second-order valence-electron chi connectivity index (χ2n) is 5.31. The van der Waals surface area contributed by atoms with Crippen LogP contribution in [0.4, 0.5) is 0 Å². The fourth-order valence-electron chi connectivity index (χ4n) is 2.59. The number of nitrogens with zero attached hydrogens (tertiary/aromatic N) is 1. The van der Waals surface area contributed by atoms with E-state index in [1.165, 1.54) is 30.7 Å². The van der Waals surface area contributed by atoms with E-state index in [-0.39, 0.29) is 17.3 Å². The lowest BCUT2D eigenvalue weighted by atomic mass is 10.3. The van der Waals surface area contributed by atoms with Gasteiger partial charge >= 0.3 is 0 Å². The number of methoxy groups -OCH3 is 2. The van der Waals surface area contributed by atoms with Crippen molar-refractivity contribution in [2.24, 2.45) is 5.73 Å². The lowest BCUT2D eigenvalue weighted by molar-refractivity contribution is -0.895. The Morgan fingerprint density at radius 2 is 1.83 bits per heavy atom. The van der Waals surface area contributed by atoms with Crippen molar-refractivity contribution in [1.29, 1.82) is 0 Å². The fourth-order valence-corrected chi connectivity index (χ4v) is 4.05. The lowest BCUT2D eigenvalue weighted by Gasteiger charge is -2.30. The molecule has 128 valence electrons. The first kappa shape index (κ1) is 17.5. The van der Waals surface area contributed by atoms with Crippen molar-refractivity contribution < 1.29 is 27.6 Å². The molecule has 0 bridgehead atoms. The molecule has 1 heterocycles. The Hall–Kier alpha value is -1.84. The summed E-state index contributed by atoms with van der Waals surface area (Å²) in [5.41, 5.74) is 5.18. The summed E-state index contributed by atoms with van der Waals surface area (Å²) < 4.78 is 37.1. The molecule has 2 rings (SSSR count). The molecule has 0 aromatic heterocycles. The van der Waals surface area contributed by atoms with Gasteiger partial charge in [-0.05, 0) is 12.1 Å². The van der Waals surface area contributed by atoms with Gasteiger partial charge in [0.25, 0.3) is 5.91 Å². The number of hydrogen-bond acceptors (Lipinski definition) is 5. The summed E-state index contributed by atoms with van der Waals surface area (Å²) in [5, 5.41) is 0. The standard InChI is InChI=1S/C14H21N3O5S/c1-21-12-4-3-11(9-13(12)22-2)23(19,20)17-7-5-16(6-8-17)10-14(15)18/h3-4,9H,5-8,10H2,1-2H3,(H2,15,18)/p+1. The quantitative estimate of drug-likeness (QED) is 0.626. The molecule has 1 aromatic carbocycles. The molecular weight excluding hydrogens is 322 g/mol. The van der Waals surface area contributed by atoms with E-state index in [1.54, 1.807) is 6.07 Å². The van der Waals surface area contributed by atoms with E-state index < -0.39 is 10.0 Å². The van der Waals surface area contributed by atoms with Crippen LogP contribution < -0.4 is 20.1 Å². The van der Waals surface area contributed by atoms with Crippen LogP contribution in [0.3, 0.4) is 0 Å². The minimum Gasteiger partial charge on any atom is -0.493 e. The van der Waals surface area contributed by atoms with Gasteiger partial charge < -0.3 is 20.1 Å². The Labute approximate surface area is 135 Å². The van der Waals surface area contributed by atoms with E-state index in [0.29, 0.717) is 37.7 Å². The first-order chi connectivity index (χ1) is 10.9. The SMILES string of the molecule is COc1ccc(S(=O)(=O)N2CC[NH+](CC(N)=O)CC2)cc1OC. The number of piperazine rings is 1. The summed E-state index contributed by atoms with van der Waals surface area (Å²) in [5.74, 6) is 0.463. The van der Waals surface area contributed by atoms with Crippen molar-refractivity contribution in [2.45, 2.75) is 4.90 Å². The molecule has 0 aliphatic carbocycles. The van der Waals surface area contributed by atoms with Crippen LogP contribution >= 0.6 is 0 Å². The van der Waals surface area contributed by atoms with Gasteiger partial charge in [-0.3, -0.25) is 4.79 Å². The Balaban J connectivity index is 2.15. The number of nitrogens with two attached hydrogens (primary N) is 1. The largest absolute Gasteiger partial charge is 0.493 e. The molecule has 8 nitrogen and oxygen atoms in total. The van der Waals surface area contributed by atoms with Gasteiger partial charge in [-0.25, -0.2) is 8.42 Å². The Morgan fingerprint density at radius 1 is 1.22 bits per heavy atom. The van der Waals surface area contributed by atoms with Gasteiger partial charge in [-0.2, -0.15) is 4.31 Å². The van der Waals surface area contributed by atoms with Crippen molar-refractivity contribution in [3.05, 3.63) is 18.2 Å². The molecule has 9 heteroatoms. The van der Waals surface area contributed by atoms with E-state index in [0.717, 1.165) is 4.90 Å². The summed E-state index contributed by atoms with van der Waals surface area (Å²) in [6, 6.07) is 4.52. The third-order valence-corrected chi connectivity index (χ3v) is 5.74. The summed E-state index contributed by atoms with van der Waals surface area (Å²) >= 11 is 0. The van der Waals surface area contributed by atoms with Crippen LogP contribution in [-0.4, -0.2) is 65.6 Å². The third-order valence-electron chi connectivity index (χ3n) is 3.85. The van der Waals surface area contributed by atoms with Gasteiger partial charge in [0, 0.05) is 6.07 Å². The topological polar surface area (TPSA) is 103 Å². The van der Waals surface area contributed by atoms with Crippen molar-refractivity contribution in [1.82, 2.24) is 4.31 Å². The minimum absolute atomic E-state index is 0.161. The number of sulfonamides is 1. The van der Waals surface area contributed by atoms with Crippen molar-refractivity contribution >= 4 is 15.9 Å². The van der Waals surface area contributed by atoms with Gasteiger partial charge in [-0.15, -0.1) is 0 Å². The number of ether oxygens (including phenoxy) is 2. The third kappa shape index (κ3) is 3.92. The molecule has 1 amide bonds. The fraction of sp³-hybridized carbons (Fsp3) is 0.500. The summed E-state index contributed by atoms with van der Waals surface area (Å²) in [6.45, 7) is 2.02. The van der Waals surface area contributed by atoms with Gasteiger partial charge in [-0.1, -0.05) is 0 Å². The lowest BCUT2D eigenvalue weighted by Crippen LogP contribution is -3.15. The number of benzene rings is 1. The first-order valence-corrected chi connectivity index (χ1v) is 8.66. The average Bonchev–Trinajstić information content (AvgIpc) is 2.54. The second-order valence-corrected chi connectivity index (χ2v) is 7.25. The molecule has 0 radical (unpaired) electrons. The number of primary amides is 1. The number of nitrogens with one attached hydrogen (secondary N) is 1. The Bertz CT molecular complexity index is 669. The highest BCUT2D eigenvalue weighted by molar-refractivity contribution is 7.89. The molecule has 0 saturated carbocycles. The van der Waals surface area contributed by atoms with Crippen molar-refractivity contribution in [2.75, 3.05) is 46.9 Å². The maximum atomic E-state index is 12.7. The van der Waals surface area contributed by atoms with Crippen molar-refractivity contribution in [3.8, 4) is 11.5 Å². The molecule has 1 aliphatic heterocycles. The maximum Gasteiger partial charge on any atom is 0.272 e. The highest BCUT2D eigenvalue weighted by Gasteiger charge is 2.31. The number of carbonyl (C=O) groups excluding carboxylic acids is 1. The minimum atomic E-state index is -3.60. The first-order valence-electron chi connectivity index (χ1n) is 7.22. The molecule has 0 unspecified atom stereocenters. The smallest absolute Gasteiger partial charge is 0.272 e. The predicted molar refractivity (Wildman–Crippen MR) is 83.1 cm³/mol. The van der Waals surface area contributed by atoms with E-state index in [9.17, 15) is 13.2 Å². The molecule has 1 saturated heterocycles. The number of quaternary nitrogens is 1. The van der Waals surface area contributed by atoms with E-state index in [4.69, 9.17) is 15.2 Å². The molecule has 1 aromatic rings. The molecule has 1 aliphatic rings. The number of hydrogen-bond donors (Lipinski definition) is 2. The molecule has 0 atom stereocenters. The van der Waals surface area contributed by atoms with Crippen LogP contribution in [0.1, 0.15) is 0 Å². The number of rotatable bonds is 6. The van der Waals surface area contributed by atoms with Crippen LogP contribution in [0.5, 0.6) is 11.5 Å². The highest BCUT2D eigenvalue weighted by atomic mass is 32.2. The summed E-state index contributed by atoms with van der Waals surface area (Å²) in [4.78, 5) is 12.1. The molecular formula is C14H22N3O5S+. The van der Waals surface area contributed by atoms with Crippen LogP contribution in [-0.2, 0) is 14.8 Å². The van der Waals surface area contributed by atoms with Crippen LogP contribution in [0.15, 0.2) is 23.1 Å². The second kappa shape index (κ2) is 7.16. The van der Waals surface area contributed by atoms with E-state index >= 15 is 0 Å². The zero-order valence-electron chi connectivity index (χ0n) is 13.2. The number of amides is 1. The van der Waals surface area contributed by atoms with Gasteiger partial charge in [0.1, 0.15) is 0 Å². The molecule has 3 N–H and O–H groups in total. The van der Waals surface area contributed by atoms with Gasteiger partial charge in [0.15, 0.2) is 18.0 Å². The molecule has 1 fully saturated rings. The Kier molecular flexibility index (Phi) is 5.45. The van der Waals surface area contributed by atoms with Crippen LogP contribution in [0.25, 0.3) is 0 Å². The van der Waals surface area contributed by atoms with Gasteiger partial charge in [0.05, 0.1) is 45.3 Å². The van der Waals surface area contributed by atoms with Crippen molar-refractivity contribution in [3.63, 3.8) is 0 Å². The van der Waals surface area contributed by atoms with Crippen LogP contribution in [0, 0.1) is 0 Å². The van der Waals surface area contributed by atoms with Gasteiger partial charge in [0.2, 0.25) is 10.0 Å². The monoisotopic (exact) mass is 344 g/mol. The van der Waals surface area contributed by atoms with E-state index in [1.807, 2.05) is 0 Å². The summed E-state index contributed by atoms with van der Waals surface area (Å²) in [7, 11) is -0.652. The zero-order valence-corrected chi connectivity index (χ0v) is 14.1. The van der Waals surface area contributed by atoms with E-state index in [2.05, 4.69) is 0 Å². The van der Waals surface area contributed by atoms with Crippen LogP contribution in [0.2, 0.25) is 0 Å².